The van der Waals surface area contributed by atoms with Crippen LogP contribution in [0.15, 0.2) is 96.1 Å². The number of aromatic nitrogens is 4. The zero-order valence-electron chi connectivity index (χ0n) is 23.8. The second-order valence-electron chi connectivity index (χ2n) is 10.9. The van der Waals surface area contributed by atoms with Gasteiger partial charge in [0.2, 0.25) is 11.8 Å². The summed E-state index contributed by atoms with van der Waals surface area (Å²) in [5, 5.41) is 13.1. The third-order valence-corrected chi connectivity index (χ3v) is 8.43. The van der Waals surface area contributed by atoms with E-state index in [9.17, 15) is 9.90 Å². The minimum Gasteiger partial charge on any atom is -0.497 e. The molecule has 2 aromatic heterocycles. The normalized spacial score (nSPS) is 23.9. The first-order chi connectivity index (χ1) is 20.6. The number of hydrogen-bond acceptors (Lipinski definition) is 7. The number of ether oxygens (including phenoxy) is 2. The molecule has 1 aliphatic heterocycles. The Labute approximate surface area is 246 Å². The van der Waals surface area contributed by atoms with Crippen LogP contribution in [0.3, 0.4) is 0 Å². The number of aliphatic hydroxyl groups is 1. The highest BCUT2D eigenvalue weighted by Gasteiger charge is 2.62. The summed E-state index contributed by atoms with van der Waals surface area (Å²) < 4.78 is 43.3. The summed E-state index contributed by atoms with van der Waals surface area (Å²) in [6, 6.07) is 26.9. The molecule has 0 unspecified atom stereocenters. The third-order valence-electron chi connectivity index (χ3n) is 8.43. The predicted octanol–water partition coefficient (Wildman–Crippen LogP) is 5.08. The first-order valence-electron chi connectivity index (χ1n) is 13.8. The number of imidazole rings is 1. The van der Waals surface area contributed by atoms with E-state index in [1.807, 2.05) is 84.9 Å². The average molecular weight is 588 g/mol. The number of halogens is 2. The Balaban J connectivity index is 1.55. The maximum atomic E-state index is 16.0. The fourth-order valence-corrected chi connectivity index (χ4v) is 5.81. The van der Waals surface area contributed by atoms with E-state index in [0.717, 1.165) is 16.7 Å². The van der Waals surface area contributed by atoms with Crippen LogP contribution in [0.5, 0.6) is 5.75 Å². The summed E-state index contributed by atoms with van der Waals surface area (Å²) in [6.07, 6.45) is -0.346. The highest BCUT2D eigenvalue weighted by Crippen LogP contribution is 2.52. The van der Waals surface area contributed by atoms with Crippen molar-refractivity contribution in [1.29, 1.82) is 0 Å². The molecule has 0 amide bonds. The van der Waals surface area contributed by atoms with E-state index in [1.165, 1.54) is 24.7 Å². The fraction of sp³-hybridized carbons (Fsp3) is 0.281. The summed E-state index contributed by atoms with van der Waals surface area (Å²) in [5.41, 5.74) is -1.50. The molecule has 3 N–H and O–H groups in total. The predicted molar refractivity (Wildman–Crippen MR) is 157 cm³/mol. The van der Waals surface area contributed by atoms with E-state index in [2.05, 4.69) is 20.3 Å². The molecule has 0 spiro atoms. The lowest BCUT2D eigenvalue weighted by molar-refractivity contribution is -0.191. The van der Waals surface area contributed by atoms with E-state index in [0.29, 0.717) is 5.75 Å². The Hall–Kier alpha value is -4.61. The second-order valence-corrected chi connectivity index (χ2v) is 10.9. The van der Waals surface area contributed by atoms with Crippen LogP contribution in [0, 0.1) is 5.92 Å². The molecule has 4 atom stereocenters. The summed E-state index contributed by atoms with van der Waals surface area (Å²) in [4.78, 5) is 24.9. The molecule has 0 radical (unpaired) electrons. The SMILES string of the molecule is COc1ccc(C(Nc2nc3c(ncn3[C@H]3O[C@](F)(CO)[C@@H](C)[C@@]3(C)F)c(=O)[nH]2)(c2ccccc2)c2ccccc2)cc1. The van der Waals surface area contributed by atoms with Gasteiger partial charge in [0, 0.05) is 0 Å². The highest BCUT2D eigenvalue weighted by molar-refractivity contribution is 5.72. The van der Waals surface area contributed by atoms with Crippen LogP contribution in [-0.4, -0.2) is 49.9 Å². The van der Waals surface area contributed by atoms with Crippen LogP contribution >= 0.6 is 0 Å². The zero-order chi connectivity index (χ0) is 30.4. The third kappa shape index (κ3) is 4.56. The number of hydrogen-bond donors (Lipinski definition) is 3. The smallest absolute Gasteiger partial charge is 0.280 e. The number of nitrogens with one attached hydrogen (secondary N) is 2. The average Bonchev–Trinajstić information content (AvgIpc) is 3.53. The number of nitrogens with zero attached hydrogens (tertiary/aromatic N) is 3. The number of fused-ring (bicyclic) bond motifs is 1. The molecule has 1 aliphatic rings. The Bertz CT molecular complexity index is 1750. The summed E-state index contributed by atoms with van der Waals surface area (Å²) >= 11 is 0. The Morgan fingerprint density at radius 3 is 2.14 bits per heavy atom. The van der Waals surface area contributed by atoms with Crippen LogP contribution in [0.2, 0.25) is 0 Å². The first kappa shape index (κ1) is 28.5. The van der Waals surface area contributed by atoms with Crippen LogP contribution < -0.4 is 15.6 Å². The van der Waals surface area contributed by atoms with Gasteiger partial charge in [-0.15, -0.1) is 0 Å². The van der Waals surface area contributed by atoms with Crippen molar-refractivity contribution in [2.75, 3.05) is 19.0 Å². The number of aromatic amines is 1. The van der Waals surface area contributed by atoms with Gasteiger partial charge in [0.1, 0.15) is 17.9 Å². The summed E-state index contributed by atoms with van der Waals surface area (Å²) in [5.74, 6) is -3.21. The molecule has 1 fully saturated rings. The van der Waals surface area contributed by atoms with Gasteiger partial charge in [-0.05, 0) is 35.7 Å². The largest absolute Gasteiger partial charge is 0.497 e. The van der Waals surface area contributed by atoms with Crippen molar-refractivity contribution in [2.45, 2.75) is 37.1 Å². The highest BCUT2D eigenvalue weighted by atomic mass is 19.2. The maximum absolute atomic E-state index is 16.0. The van der Waals surface area contributed by atoms with Gasteiger partial charge in [-0.25, -0.2) is 13.8 Å². The fourth-order valence-electron chi connectivity index (χ4n) is 5.81. The Kier molecular flexibility index (Phi) is 7.02. The lowest BCUT2D eigenvalue weighted by Gasteiger charge is -2.37. The minimum absolute atomic E-state index is 0.0146. The molecule has 9 nitrogen and oxygen atoms in total. The van der Waals surface area contributed by atoms with E-state index in [1.54, 1.807) is 7.11 Å². The Morgan fingerprint density at radius 1 is 1.02 bits per heavy atom. The molecule has 0 aliphatic carbocycles. The quantitative estimate of drug-likeness (QED) is 0.217. The van der Waals surface area contributed by atoms with Crippen molar-refractivity contribution in [3.05, 3.63) is 118 Å². The Morgan fingerprint density at radius 2 is 1.60 bits per heavy atom. The van der Waals surface area contributed by atoms with Gasteiger partial charge in [-0.1, -0.05) is 79.7 Å². The van der Waals surface area contributed by atoms with E-state index in [-0.39, 0.29) is 17.1 Å². The number of anilines is 1. The number of alkyl halides is 2. The van der Waals surface area contributed by atoms with Crippen molar-refractivity contribution in [3.8, 4) is 5.75 Å². The van der Waals surface area contributed by atoms with Gasteiger partial charge in [0.15, 0.2) is 23.1 Å². The van der Waals surface area contributed by atoms with Crippen LogP contribution in [0.25, 0.3) is 11.2 Å². The molecule has 5 aromatic rings. The van der Waals surface area contributed by atoms with Crippen LogP contribution in [-0.2, 0) is 10.3 Å². The number of aliphatic hydroxyl groups excluding tert-OH is 1. The van der Waals surface area contributed by atoms with Gasteiger partial charge in [-0.3, -0.25) is 14.3 Å². The number of H-pyrrole nitrogens is 1. The van der Waals surface area contributed by atoms with E-state index in [4.69, 9.17) is 9.47 Å². The molecule has 11 heteroatoms. The molecular formula is C32H31F2N5O4. The molecule has 1 saturated heterocycles. The number of methoxy groups -OCH3 is 1. The molecule has 0 bridgehead atoms. The van der Waals surface area contributed by atoms with E-state index < -0.39 is 41.4 Å². The minimum atomic E-state index is -2.63. The van der Waals surface area contributed by atoms with Crippen LogP contribution in [0.1, 0.15) is 36.8 Å². The van der Waals surface area contributed by atoms with Crippen molar-refractivity contribution < 1.29 is 23.4 Å². The second kappa shape index (κ2) is 10.6. The summed E-state index contributed by atoms with van der Waals surface area (Å²) in [6.45, 7) is 1.48. The molecule has 0 saturated carbocycles. The zero-order valence-corrected chi connectivity index (χ0v) is 23.8. The lowest BCUT2D eigenvalue weighted by atomic mass is 9.77. The topological polar surface area (TPSA) is 114 Å². The molecule has 222 valence electrons. The van der Waals surface area contributed by atoms with Gasteiger partial charge >= 0.3 is 0 Å². The molecule has 43 heavy (non-hydrogen) atoms. The van der Waals surface area contributed by atoms with Crippen molar-refractivity contribution in [3.63, 3.8) is 0 Å². The molecular weight excluding hydrogens is 556 g/mol. The van der Waals surface area contributed by atoms with Gasteiger partial charge in [-0.2, -0.15) is 4.98 Å². The monoisotopic (exact) mass is 587 g/mol. The van der Waals surface area contributed by atoms with Crippen molar-refractivity contribution in [2.24, 2.45) is 5.92 Å². The molecule has 3 aromatic carbocycles. The number of benzene rings is 3. The van der Waals surface area contributed by atoms with E-state index >= 15 is 8.78 Å². The lowest BCUT2D eigenvalue weighted by Crippen LogP contribution is -2.39. The first-order valence-corrected chi connectivity index (χ1v) is 13.8. The van der Waals surface area contributed by atoms with Gasteiger partial charge < -0.3 is 19.9 Å². The standard InChI is InChI=1S/C32H31F2N5O4/c1-20-30(2,33)28(43-31(20,34)18-40)39-19-35-25-26(39)36-29(37-27(25)41)38-32(21-10-6-4-7-11-21,22-12-8-5-9-13-22)23-14-16-24(42-3)17-15-23/h4-17,19-20,28,40H,18H2,1-3H3,(H2,36,37,38,41)/t20-,28-,30+,31+/m0/s1. The summed E-state index contributed by atoms with van der Waals surface area (Å²) in [7, 11) is 1.59. The van der Waals surface area contributed by atoms with Crippen LogP contribution in [0.4, 0.5) is 14.7 Å². The number of rotatable bonds is 8. The molecule has 3 heterocycles. The van der Waals surface area contributed by atoms with Crippen molar-refractivity contribution in [1.82, 2.24) is 19.5 Å². The maximum Gasteiger partial charge on any atom is 0.280 e. The van der Waals surface area contributed by atoms with Gasteiger partial charge in [0.25, 0.3) is 5.56 Å². The van der Waals surface area contributed by atoms with Gasteiger partial charge in [0.05, 0.1) is 19.4 Å². The molecule has 6 rings (SSSR count). The van der Waals surface area contributed by atoms with Crippen molar-refractivity contribution >= 4 is 17.1 Å².